The Morgan fingerprint density at radius 3 is 2.52 bits per heavy atom. The Kier molecular flexibility index (Phi) is 3.67. The van der Waals surface area contributed by atoms with E-state index in [0.29, 0.717) is 11.3 Å². The van der Waals surface area contributed by atoms with Crippen molar-refractivity contribution in [1.82, 2.24) is 9.97 Å². The third-order valence-corrected chi connectivity index (χ3v) is 2.72. The molecule has 0 aliphatic heterocycles. The Morgan fingerprint density at radius 1 is 1.24 bits per heavy atom. The summed E-state index contributed by atoms with van der Waals surface area (Å²) in [5.74, 6) is -1.66. The molecule has 0 radical (unpaired) electrons. The van der Waals surface area contributed by atoms with Crippen molar-refractivity contribution in [2.45, 2.75) is 6.18 Å². The molecule has 0 spiro atoms. The summed E-state index contributed by atoms with van der Waals surface area (Å²) in [4.78, 5) is 7.98. The molecule has 1 heterocycles. The number of halogens is 3. The first-order valence-electron chi connectivity index (χ1n) is 5.77. The highest BCUT2D eigenvalue weighted by Gasteiger charge is 2.35. The lowest BCUT2D eigenvalue weighted by Crippen LogP contribution is -2.18. The van der Waals surface area contributed by atoms with Crippen LogP contribution in [0.2, 0.25) is 0 Å². The van der Waals surface area contributed by atoms with Crippen molar-refractivity contribution in [3.63, 3.8) is 0 Å². The van der Waals surface area contributed by atoms with Gasteiger partial charge in [0.25, 0.3) is 0 Å². The molecule has 0 atom stereocenters. The van der Waals surface area contributed by atoms with E-state index in [1.54, 1.807) is 24.3 Å². The molecule has 2 rings (SSSR count). The number of nitrogen functional groups attached to an aromatic ring is 1. The number of anilines is 3. The average Bonchev–Trinajstić information content (AvgIpc) is 2.45. The minimum absolute atomic E-state index is 0.0440. The molecule has 0 aliphatic rings. The minimum Gasteiger partial charge on any atom is -0.384 e. The SMILES string of the molecule is CN(c1cc(N)nc(C(F)(F)F)n1)c1ccccc1C#N. The lowest BCUT2D eigenvalue weighted by molar-refractivity contribution is -0.144. The highest BCUT2D eigenvalue weighted by Crippen LogP contribution is 2.31. The number of nitrogens with two attached hydrogens (primary N) is 1. The van der Waals surface area contributed by atoms with E-state index in [4.69, 9.17) is 11.0 Å². The number of hydrogen-bond donors (Lipinski definition) is 1. The van der Waals surface area contributed by atoms with Crippen molar-refractivity contribution in [3.05, 3.63) is 41.7 Å². The van der Waals surface area contributed by atoms with Gasteiger partial charge < -0.3 is 10.6 Å². The summed E-state index contributed by atoms with van der Waals surface area (Å²) in [6.45, 7) is 0. The molecule has 0 fully saturated rings. The van der Waals surface area contributed by atoms with E-state index in [9.17, 15) is 13.2 Å². The van der Waals surface area contributed by atoms with Gasteiger partial charge in [-0.15, -0.1) is 0 Å². The highest BCUT2D eigenvalue weighted by atomic mass is 19.4. The molecule has 2 N–H and O–H groups in total. The molecule has 0 aliphatic carbocycles. The zero-order chi connectivity index (χ0) is 15.6. The van der Waals surface area contributed by atoms with Crippen LogP contribution in [0.4, 0.5) is 30.5 Å². The second kappa shape index (κ2) is 5.28. The number of nitrogens with zero attached hydrogens (tertiary/aromatic N) is 4. The highest BCUT2D eigenvalue weighted by molar-refractivity contribution is 5.67. The van der Waals surface area contributed by atoms with Gasteiger partial charge in [0.2, 0.25) is 5.82 Å². The Bertz CT molecular complexity index is 706. The lowest BCUT2D eigenvalue weighted by Gasteiger charge is -2.20. The van der Waals surface area contributed by atoms with E-state index in [-0.39, 0.29) is 11.6 Å². The molecule has 21 heavy (non-hydrogen) atoms. The van der Waals surface area contributed by atoms with Crippen LogP contribution in [0, 0.1) is 11.3 Å². The maximum Gasteiger partial charge on any atom is 0.451 e. The van der Waals surface area contributed by atoms with Crippen LogP contribution in [-0.4, -0.2) is 17.0 Å². The molecular weight excluding hydrogens is 283 g/mol. The largest absolute Gasteiger partial charge is 0.451 e. The number of nitriles is 1. The van der Waals surface area contributed by atoms with Gasteiger partial charge in [0, 0.05) is 13.1 Å². The van der Waals surface area contributed by atoms with Crippen LogP contribution >= 0.6 is 0 Å². The van der Waals surface area contributed by atoms with Crippen LogP contribution in [0.25, 0.3) is 0 Å². The molecule has 0 bridgehead atoms. The van der Waals surface area contributed by atoms with Gasteiger partial charge in [-0.1, -0.05) is 12.1 Å². The smallest absolute Gasteiger partial charge is 0.384 e. The fourth-order valence-corrected chi connectivity index (χ4v) is 1.74. The molecule has 1 aromatic heterocycles. The Morgan fingerprint density at radius 2 is 1.90 bits per heavy atom. The van der Waals surface area contributed by atoms with E-state index in [1.165, 1.54) is 18.0 Å². The van der Waals surface area contributed by atoms with Gasteiger partial charge in [-0.3, -0.25) is 0 Å². The van der Waals surface area contributed by atoms with Gasteiger partial charge in [0.05, 0.1) is 11.3 Å². The predicted octanol–water partition coefficient (Wildman–Crippen LogP) is 2.72. The van der Waals surface area contributed by atoms with Gasteiger partial charge in [0.15, 0.2) is 0 Å². The second-order valence-electron chi connectivity index (χ2n) is 4.16. The van der Waals surface area contributed by atoms with E-state index in [2.05, 4.69) is 9.97 Å². The average molecular weight is 293 g/mol. The topological polar surface area (TPSA) is 78.8 Å². The summed E-state index contributed by atoms with van der Waals surface area (Å²) in [6, 6.07) is 9.66. The third kappa shape index (κ3) is 3.02. The van der Waals surface area contributed by atoms with Crippen molar-refractivity contribution in [1.29, 1.82) is 5.26 Å². The van der Waals surface area contributed by atoms with Crippen LogP contribution < -0.4 is 10.6 Å². The molecule has 5 nitrogen and oxygen atoms in total. The fourth-order valence-electron chi connectivity index (χ4n) is 1.74. The second-order valence-corrected chi connectivity index (χ2v) is 4.16. The van der Waals surface area contributed by atoms with Gasteiger partial charge >= 0.3 is 6.18 Å². The zero-order valence-corrected chi connectivity index (χ0v) is 10.9. The first-order valence-corrected chi connectivity index (χ1v) is 5.77. The summed E-state index contributed by atoms with van der Waals surface area (Å²) < 4.78 is 38.1. The van der Waals surface area contributed by atoms with Crippen LogP contribution in [0.5, 0.6) is 0 Å². The maximum atomic E-state index is 12.7. The van der Waals surface area contributed by atoms with E-state index in [0.717, 1.165) is 0 Å². The van der Waals surface area contributed by atoms with Gasteiger partial charge in [-0.2, -0.15) is 18.4 Å². The lowest BCUT2D eigenvalue weighted by atomic mass is 10.2. The summed E-state index contributed by atoms with van der Waals surface area (Å²) in [6.07, 6.45) is -4.69. The first kappa shape index (κ1) is 14.6. The first-order chi connectivity index (χ1) is 9.82. The summed E-state index contributed by atoms with van der Waals surface area (Å²) in [7, 11) is 1.50. The molecule has 1 aromatic carbocycles. The molecule has 108 valence electrons. The monoisotopic (exact) mass is 293 g/mol. The Labute approximate surface area is 118 Å². The number of alkyl halides is 3. The fraction of sp³-hybridized carbons (Fsp3) is 0.154. The summed E-state index contributed by atoms with van der Waals surface area (Å²) in [5.41, 5.74) is 6.13. The quantitative estimate of drug-likeness (QED) is 0.921. The van der Waals surface area contributed by atoms with E-state index in [1.807, 2.05) is 6.07 Å². The van der Waals surface area contributed by atoms with Crippen molar-refractivity contribution in [2.24, 2.45) is 0 Å². The van der Waals surface area contributed by atoms with Crippen LogP contribution in [0.15, 0.2) is 30.3 Å². The van der Waals surface area contributed by atoms with Crippen molar-refractivity contribution >= 4 is 17.3 Å². The van der Waals surface area contributed by atoms with Crippen molar-refractivity contribution in [2.75, 3.05) is 17.7 Å². The molecular formula is C13H10F3N5. The maximum absolute atomic E-state index is 12.7. The number of rotatable bonds is 2. The number of aromatic nitrogens is 2. The predicted molar refractivity (Wildman–Crippen MR) is 70.7 cm³/mol. The van der Waals surface area contributed by atoms with Gasteiger partial charge in [0.1, 0.15) is 17.7 Å². The van der Waals surface area contributed by atoms with Crippen LogP contribution in [0.1, 0.15) is 11.4 Å². The molecule has 2 aromatic rings. The number of para-hydroxylation sites is 1. The third-order valence-electron chi connectivity index (χ3n) is 2.72. The van der Waals surface area contributed by atoms with Crippen molar-refractivity contribution in [3.8, 4) is 6.07 Å². The standard InChI is InChI=1S/C13H10F3N5/c1-21(9-5-3-2-4-8(9)7-17)11-6-10(18)19-12(20-11)13(14,15)16/h2-6H,1H3,(H2,18,19,20). The van der Waals surface area contributed by atoms with Crippen LogP contribution in [-0.2, 0) is 6.18 Å². The molecule has 0 amide bonds. The van der Waals surface area contributed by atoms with Crippen molar-refractivity contribution < 1.29 is 13.2 Å². The summed E-state index contributed by atoms with van der Waals surface area (Å²) in [5, 5.41) is 9.04. The molecule has 8 heteroatoms. The molecule has 0 saturated heterocycles. The van der Waals surface area contributed by atoms with Crippen LogP contribution in [0.3, 0.4) is 0 Å². The van der Waals surface area contributed by atoms with Gasteiger partial charge in [-0.25, -0.2) is 9.97 Å². The molecule has 0 saturated carbocycles. The van der Waals surface area contributed by atoms with E-state index >= 15 is 0 Å². The summed E-state index contributed by atoms with van der Waals surface area (Å²) >= 11 is 0. The number of benzene rings is 1. The normalized spacial score (nSPS) is 11.0. The van der Waals surface area contributed by atoms with Gasteiger partial charge in [-0.05, 0) is 12.1 Å². The van der Waals surface area contributed by atoms with E-state index < -0.39 is 12.0 Å². The number of hydrogen-bond acceptors (Lipinski definition) is 5. The minimum atomic E-state index is -4.69. The Balaban J connectivity index is 2.52. The zero-order valence-electron chi connectivity index (χ0n) is 10.9. The molecule has 0 unspecified atom stereocenters. The Hall–Kier alpha value is -2.82.